The summed E-state index contributed by atoms with van der Waals surface area (Å²) in [7, 11) is 0. The second-order valence-electron chi connectivity index (χ2n) is 4.33. The smallest absolute Gasteiger partial charge is 0.161 e. The normalized spacial score (nSPS) is 23.7. The summed E-state index contributed by atoms with van der Waals surface area (Å²) in [4.78, 5) is 4.58. The van der Waals surface area contributed by atoms with Crippen LogP contribution >= 0.6 is 46.6 Å². The molecule has 0 saturated carbocycles. The second-order valence-corrected chi connectivity index (χ2v) is 6.59. The third-order valence-corrected chi connectivity index (χ3v) is 4.85. The summed E-state index contributed by atoms with van der Waals surface area (Å²) in [6, 6.07) is 3.63. The number of rotatable bonds is 1. The summed E-state index contributed by atoms with van der Waals surface area (Å²) in [5.74, 6) is 1.62. The average Bonchev–Trinajstić information content (AvgIpc) is 2.28. The van der Waals surface area contributed by atoms with Crippen LogP contribution in [-0.2, 0) is 0 Å². The van der Waals surface area contributed by atoms with E-state index in [0.29, 0.717) is 32.7 Å². The zero-order valence-electron chi connectivity index (χ0n) is 10.0. The Hall–Kier alpha value is -0.0900. The molecule has 2 atom stereocenters. The Balaban J connectivity index is 2.23. The molecule has 0 aliphatic carbocycles. The molecule has 0 aromatic heterocycles. The van der Waals surface area contributed by atoms with E-state index in [0.717, 1.165) is 10.9 Å². The Morgan fingerprint density at radius 3 is 2.39 bits per heavy atom. The van der Waals surface area contributed by atoms with Gasteiger partial charge in [0.1, 0.15) is 0 Å². The predicted octanol–water partition coefficient (Wildman–Crippen LogP) is 5.19. The fourth-order valence-electron chi connectivity index (χ4n) is 1.54. The Kier molecular flexibility index (Phi) is 4.70. The van der Waals surface area contributed by atoms with Gasteiger partial charge in [0.05, 0.1) is 21.8 Å². The molecule has 98 valence electrons. The van der Waals surface area contributed by atoms with Crippen molar-refractivity contribution in [3.63, 3.8) is 0 Å². The van der Waals surface area contributed by atoms with Crippen molar-refractivity contribution in [2.24, 2.45) is 10.9 Å². The number of anilines is 1. The maximum atomic E-state index is 6.12. The fraction of sp³-hybridized carbons (Fsp3) is 0.417. The van der Waals surface area contributed by atoms with Crippen LogP contribution in [-0.4, -0.2) is 17.0 Å². The first-order valence-electron chi connectivity index (χ1n) is 5.59. The van der Waals surface area contributed by atoms with E-state index in [1.54, 1.807) is 23.9 Å². The van der Waals surface area contributed by atoms with E-state index in [-0.39, 0.29) is 0 Å². The molecule has 1 aliphatic rings. The van der Waals surface area contributed by atoms with Gasteiger partial charge >= 0.3 is 0 Å². The Bertz CT molecular complexity index is 467. The number of hydrogen-bond donors (Lipinski definition) is 1. The molecule has 0 amide bonds. The van der Waals surface area contributed by atoms with E-state index >= 15 is 0 Å². The highest BCUT2D eigenvalue weighted by atomic mass is 35.5. The molecular formula is C12H13Cl3N2S. The van der Waals surface area contributed by atoms with E-state index in [9.17, 15) is 0 Å². The van der Waals surface area contributed by atoms with Crippen LogP contribution in [0.1, 0.15) is 13.8 Å². The first kappa shape index (κ1) is 14.3. The minimum absolute atomic E-state index is 0.304. The van der Waals surface area contributed by atoms with Crippen molar-refractivity contribution >= 4 is 57.4 Å². The van der Waals surface area contributed by atoms with Gasteiger partial charge in [-0.3, -0.25) is 4.99 Å². The largest absolute Gasteiger partial charge is 0.333 e. The number of nitrogens with zero attached hydrogens (tertiary/aromatic N) is 1. The average molecular weight is 324 g/mol. The molecule has 18 heavy (non-hydrogen) atoms. The van der Waals surface area contributed by atoms with E-state index in [1.807, 2.05) is 0 Å². The van der Waals surface area contributed by atoms with E-state index in [2.05, 4.69) is 24.2 Å². The number of aliphatic imine (C=N–C) groups is 1. The molecule has 1 heterocycles. The van der Waals surface area contributed by atoms with Crippen LogP contribution in [0.2, 0.25) is 15.1 Å². The minimum Gasteiger partial charge on any atom is -0.333 e. The number of hydrogen-bond acceptors (Lipinski definition) is 3. The van der Waals surface area contributed by atoms with Gasteiger partial charge in [0.2, 0.25) is 0 Å². The first-order chi connectivity index (χ1) is 8.47. The van der Waals surface area contributed by atoms with Gasteiger partial charge in [0, 0.05) is 10.8 Å². The maximum absolute atomic E-state index is 6.12. The van der Waals surface area contributed by atoms with Crippen molar-refractivity contribution in [1.82, 2.24) is 0 Å². The maximum Gasteiger partial charge on any atom is 0.161 e. The molecule has 0 bridgehead atoms. The summed E-state index contributed by atoms with van der Waals surface area (Å²) >= 11 is 19.8. The zero-order chi connectivity index (χ0) is 13.3. The third kappa shape index (κ3) is 3.27. The molecule has 1 N–H and O–H groups in total. The van der Waals surface area contributed by atoms with Crippen molar-refractivity contribution in [1.29, 1.82) is 0 Å². The van der Waals surface area contributed by atoms with Gasteiger partial charge in [-0.15, -0.1) is 0 Å². The number of amidine groups is 1. The summed E-state index contributed by atoms with van der Waals surface area (Å²) in [5.41, 5.74) is 0.663. The van der Waals surface area contributed by atoms with Gasteiger partial charge in [0.25, 0.3) is 0 Å². The highest BCUT2D eigenvalue weighted by Gasteiger charge is 2.20. The SMILES string of the molecule is CC1CSC(Nc2c(Cl)cc(Cl)cc2Cl)=NC1C. The van der Waals surface area contributed by atoms with E-state index in [4.69, 9.17) is 34.8 Å². The van der Waals surface area contributed by atoms with Crippen LogP contribution in [0.25, 0.3) is 0 Å². The molecule has 0 saturated heterocycles. The Morgan fingerprint density at radius 2 is 1.83 bits per heavy atom. The van der Waals surface area contributed by atoms with E-state index in [1.165, 1.54) is 0 Å². The number of thioether (sulfide) groups is 1. The highest BCUT2D eigenvalue weighted by molar-refractivity contribution is 8.14. The third-order valence-electron chi connectivity index (χ3n) is 2.87. The predicted molar refractivity (Wildman–Crippen MR) is 83.6 cm³/mol. The molecule has 1 aromatic carbocycles. The van der Waals surface area contributed by atoms with Gasteiger partial charge in [-0.25, -0.2) is 0 Å². The lowest BCUT2D eigenvalue weighted by atomic mass is 10.1. The van der Waals surface area contributed by atoms with Crippen LogP contribution in [0.15, 0.2) is 17.1 Å². The molecule has 0 radical (unpaired) electrons. The molecule has 1 aliphatic heterocycles. The van der Waals surface area contributed by atoms with Crippen molar-refractivity contribution in [2.45, 2.75) is 19.9 Å². The van der Waals surface area contributed by atoms with E-state index < -0.39 is 0 Å². The number of benzene rings is 1. The van der Waals surface area contributed by atoms with Crippen LogP contribution in [0.3, 0.4) is 0 Å². The van der Waals surface area contributed by atoms with Gasteiger partial charge in [-0.2, -0.15) is 0 Å². The fourth-order valence-corrected chi connectivity index (χ4v) is 3.56. The summed E-state index contributed by atoms with van der Waals surface area (Å²) in [5, 5.41) is 5.57. The second kappa shape index (κ2) is 5.91. The molecule has 6 heteroatoms. The van der Waals surface area contributed by atoms with Crippen LogP contribution in [0.4, 0.5) is 5.69 Å². The van der Waals surface area contributed by atoms with Gasteiger partial charge in [0.15, 0.2) is 5.17 Å². The Morgan fingerprint density at radius 1 is 1.22 bits per heavy atom. The molecule has 0 fully saturated rings. The van der Waals surface area contributed by atoms with Crippen LogP contribution in [0.5, 0.6) is 0 Å². The molecule has 2 nitrogen and oxygen atoms in total. The van der Waals surface area contributed by atoms with Crippen molar-refractivity contribution < 1.29 is 0 Å². The standard InChI is InChI=1S/C12H13Cl3N2S/c1-6-5-18-12(16-7(6)2)17-11-9(14)3-8(13)4-10(11)15/h3-4,6-7H,5H2,1-2H3,(H,16,17). The molecule has 1 aromatic rings. The van der Waals surface area contributed by atoms with Crippen molar-refractivity contribution in [3.05, 3.63) is 27.2 Å². The first-order valence-corrected chi connectivity index (χ1v) is 7.71. The van der Waals surface area contributed by atoms with Crippen molar-refractivity contribution in [2.75, 3.05) is 11.1 Å². The highest BCUT2D eigenvalue weighted by Crippen LogP contribution is 2.35. The quantitative estimate of drug-likeness (QED) is 0.769. The van der Waals surface area contributed by atoms with Crippen LogP contribution in [0, 0.1) is 5.92 Å². The van der Waals surface area contributed by atoms with Gasteiger partial charge < -0.3 is 5.32 Å². The summed E-state index contributed by atoms with van der Waals surface area (Å²) < 4.78 is 0. The zero-order valence-corrected chi connectivity index (χ0v) is 13.1. The van der Waals surface area contributed by atoms with Gasteiger partial charge in [-0.05, 0) is 25.0 Å². The summed E-state index contributed by atoms with van der Waals surface area (Å²) in [6.07, 6.45) is 0. The summed E-state index contributed by atoms with van der Waals surface area (Å²) in [6.45, 7) is 4.30. The molecule has 2 unspecified atom stereocenters. The van der Waals surface area contributed by atoms with Gasteiger partial charge in [-0.1, -0.05) is 53.5 Å². The van der Waals surface area contributed by atoms with Crippen molar-refractivity contribution in [3.8, 4) is 0 Å². The lowest BCUT2D eigenvalue weighted by Crippen LogP contribution is -2.25. The number of halogens is 3. The van der Waals surface area contributed by atoms with Crippen LogP contribution < -0.4 is 5.32 Å². The Labute approximate surface area is 126 Å². The minimum atomic E-state index is 0.304. The molecular weight excluding hydrogens is 311 g/mol. The molecule has 2 rings (SSSR count). The lowest BCUT2D eigenvalue weighted by molar-refractivity contribution is 0.537. The monoisotopic (exact) mass is 322 g/mol. The lowest BCUT2D eigenvalue weighted by Gasteiger charge is -2.24. The molecule has 0 spiro atoms. The number of nitrogens with one attached hydrogen (secondary N) is 1. The topological polar surface area (TPSA) is 24.4 Å².